The minimum atomic E-state index is -0.651. The van der Waals surface area contributed by atoms with Crippen LogP contribution in [-0.4, -0.2) is 25.1 Å². The van der Waals surface area contributed by atoms with E-state index < -0.39 is 11.8 Å². The number of hydrogen-bond acceptors (Lipinski definition) is 5. The average molecular weight is 366 g/mol. The first-order valence-electron chi connectivity index (χ1n) is 7.98. The number of fused-ring (bicyclic) bond motifs is 1. The Labute approximate surface area is 152 Å². The predicted octanol–water partition coefficient (Wildman–Crippen LogP) is 3.62. The smallest absolute Gasteiger partial charge is 0.213 e. The molecule has 0 spiro atoms. The molecule has 8 heteroatoms. The number of carbonyl (C=O) groups is 1. The summed E-state index contributed by atoms with van der Waals surface area (Å²) in [6.45, 7) is 0. The number of aromatic nitrogens is 4. The third kappa shape index (κ3) is 3.64. The van der Waals surface area contributed by atoms with Gasteiger partial charge in [-0.3, -0.25) is 9.78 Å². The van der Waals surface area contributed by atoms with Crippen LogP contribution in [0.3, 0.4) is 0 Å². The number of Topliss-reactive ketones (excluding diaryl/α,β-unsaturated/α-hetero) is 1. The van der Waals surface area contributed by atoms with E-state index in [1.165, 1.54) is 30.5 Å². The lowest BCUT2D eigenvalue weighted by molar-refractivity contribution is 0.0992. The molecule has 4 rings (SSSR count). The summed E-state index contributed by atoms with van der Waals surface area (Å²) in [5.74, 6) is -0.984. The Balaban J connectivity index is 1.69. The van der Waals surface area contributed by atoms with E-state index in [1.807, 2.05) is 0 Å². The van der Waals surface area contributed by atoms with Crippen LogP contribution < -0.4 is 4.74 Å². The van der Waals surface area contributed by atoms with Crippen molar-refractivity contribution < 1.29 is 18.3 Å². The largest absolute Gasteiger partial charge is 0.454 e. The van der Waals surface area contributed by atoms with Crippen molar-refractivity contribution in [2.75, 3.05) is 0 Å². The van der Waals surface area contributed by atoms with Gasteiger partial charge in [0.15, 0.2) is 5.78 Å². The summed E-state index contributed by atoms with van der Waals surface area (Å²) in [5.41, 5.74) is 1.03. The van der Waals surface area contributed by atoms with E-state index in [-0.39, 0.29) is 23.5 Å². The second-order valence-electron chi connectivity index (χ2n) is 5.74. The van der Waals surface area contributed by atoms with E-state index in [1.54, 1.807) is 29.1 Å². The van der Waals surface area contributed by atoms with Crippen LogP contribution in [0.4, 0.5) is 8.78 Å². The van der Waals surface area contributed by atoms with E-state index in [2.05, 4.69) is 15.0 Å². The molecule has 4 aromatic heterocycles. The van der Waals surface area contributed by atoms with Crippen molar-refractivity contribution in [3.63, 3.8) is 0 Å². The molecule has 0 aliphatic carbocycles. The molecule has 134 valence electrons. The fourth-order valence-electron chi connectivity index (χ4n) is 2.66. The Hall–Kier alpha value is -3.68. The molecule has 0 aromatic carbocycles. The fraction of sp³-hybridized carbons (Fsp3) is 0.0526. The molecule has 0 radical (unpaired) electrons. The van der Waals surface area contributed by atoms with Crippen LogP contribution in [0.5, 0.6) is 11.5 Å². The molecule has 0 saturated carbocycles. The van der Waals surface area contributed by atoms with Gasteiger partial charge in [0.25, 0.3) is 0 Å². The Morgan fingerprint density at radius 1 is 1.15 bits per heavy atom. The lowest BCUT2D eigenvalue weighted by Gasteiger charge is -2.09. The van der Waals surface area contributed by atoms with Crippen molar-refractivity contribution in [2.24, 2.45) is 0 Å². The number of nitrogens with zero attached hydrogens (tertiary/aromatic N) is 4. The molecular weight excluding hydrogens is 354 g/mol. The third-order valence-electron chi connectivity index (χ3n) is 3.79. The highest BCUT2D eigenvalue weighted by molar-refractivity contribution is 6.02. The Morgan fingerprint density at radius 2 is 2.04 bits per heavy atom. The molecule has 0 unspecified atom stereocenters. The van der Waals surface area contributed by atoms with E-state index in [4.69, 9.17) is 4.74 Å². The van der Waals surface area contributed by atoms with Crippen LogP contribution in [0, 0.1) is 11.8 Å². The number of rotatable bonds is 5. The molecule has 4 heterocycles. The molecule has 0 saturated heterocycles. The molecule has 27 heavy (non-hydrogen) atoms. The molecule has 0 fully saturated rings. The van der Waals surface area contributed by atoms with Crippen molar-refractivity contribution in [3.8, 4) is 11.5 Å². The molecular formula is C19H12F2N4O2. The summed E-state index contributed by atoms with van der Waals surface area (Å²) in [4.78, 5) is 24.4. The van der Waals surface area contributed by atoms with Crippen molar-refractivity contribution in [2.45, 2.75) is 6.42 Å². The number of ketones is 1. The standard InChI is InChI=1S/C19H12F2N4O2/c20-12-6-14(10-22-9-12)27-15-8-16(19-23-4-5-25(19)11-15)17(26)7-13-2-1-3-18(21)24-13/h1-6,8-11H,7H2. The molecule has 6 nitrogen and oxygen atoms in total. The number of halogens is 2. The number of carbonyl (C=O) groups excluding carboxylic acids is 1. The van der Waals surface area contributed by atoms with Crippen molar-refractivity contribution in [1.29, 1.82) is 0 Å². The van der Waals surface area contributed by atoms with Gasteiger partial charge in [0.2, 0.25) is 5.95 Å². The van der Waals surface area contributed by atoms with Gasteiger partial charge in [0.05, 0.1) is 36.3 Å². The first-order valence-corrected chi connectivity index (χ1v) is 7.98. The van der Waals surface area contributed by atoms with Gasteiger partial charge in [-0.25, -0.2) is 14.4 Å². The maximum atomic E-state index is 13.3. The zero-order chi connectivity index (χ0) is 18.8. The topological polar surface area (TPSA) is 69.4 Å². The molecule has 0 atom stereocenters. The first-order chi connectivity index (χ1) is 13.1. The second-order valence-corrected chi connectivity index (χ2v) is 5.74. The van der Waals surface area contributed by atoms with Crippen LogP contribution in [0.2, 0.25) is 0 Å². The number of imidazole rings is 1. The Kier molecular flexibility index (Phi) is 4.29. The normalized spacial score (nSPS) is 10.9. The average Bonchev–Trinajstić information content (AvgIpc) is 3.09. The second kappa shape index (κ2) is 6.91. The zero-order valence-electron chi connectivity index (χ0n) is 13.8. The van der Waals surface area contributed by atoms with Gasteiger partial charge in [0.1, 0.15) is 23.0 Å². The highest BCUT2D eigenvalue weighted by atomic mass is 19.1. The Morgan fingerprint density at radius 3 is 2.85 bits per heavy atom. The SMILES string of the molecule is O=C(Cc1cccc(F)n1)c1cc(Oc2cncc(F)c2)cn2ccnc12. The summed E-state index contributed by atoms with van der Waals surface area (Å²) < 4.78 is 33.8. The number of pyridine rings is 3. The first kappa shape index (κ1) is 16.8. The maximum absolute atomic E-state index is 13.3. The fourth-order valence-corrected chi connectivity index (χ4v) is 2.66. The van der Waals surface area contributed by atoms with Crippen molar-refractivity contribution in [1.82, 2.24) is 19.4 Å². The molecule has 0 aliphatic heterocycles. The summed E-state index contributed by atoms with van der Waals surface area (Å²) in [6.07, 6.45) is 7.14. The van der Waals surface area contributed by atoms with Crippen LogP contribution in [-0.2, 0) is 6.42 Å². The van der Waals surface area contributed by atoms with Crippen molar-refractivity contribution >= 4 is 11.4 Å². The monoisotopic (exact) mass is 366 g/mol. The van der Waals surface area contributed by atoms with Crippen LogP contribution in [0.25, 0.3) is 5.65 Å². The summed E-state index contributed by atoms with van der Waals surface area (Å²) in [5, 5.41) is 0. The van der Waals surface area contributed by atoms with Crippen LogP contribution in [0.1, 0.15) is 16.1 Å². The van der Waals surface area contributed by atoms with Gasteiger partial charge in [-0.1, -0.05) is 6.07 Å². The lowest BCUT2D eigenvalue weighted by atomic mass is 10.1. The van der Waals surface area contributed by atoms with Gasteiger partial charge >= 0.3 is 0 Å². The molecule has 0 bridgehead atoms. The van der Waals surface area contributed by atoms with Gasteiger partial charge < -0.3 is 9.14 Å². The molecule has 0 aliphatic rings. The molecule has 0 amide bonds. The van der Waals surface area contributed by atoms with Crippen LogP contribution >= 0.6 is 0 Å². The van der Waals surface area contributed by atoms with E-state index >= 15 is 0 Å². The minimum Gasteiger partial charge on any atom is -0.454 e. The van der Waals surface area contributed by atoms with E-state index in [9.17, 15) is 13.6 Å². The van der Waals surface area contributed by atoms with Crippen molar-refractivity contribution in [3.05, 3.63) is 84.3 Å². The Bertz CT molecular complexity index is 1140. The summed E-state index contributed by atoms with van der Waals surface area (Å²) in [6, 6.07) is 6.97. The van der Waals surface area contributed by atoms with Gasteiger partial charge in [0, 0.05) is 18.5 Å². The zero-order valence-corrected chi connectivity index (χ0v) is 13.8. The molecule has 4 aromatic rings. The quantitative estimate of drug-likeness (QED) is 0.399. The van der Waals surface area contributed by atoms with Gasteiger partial charge in [-0.05, 0) is 18.2 Å². The lowest BCUT2D eigenvalue weighted by Crippen LogP contribution is -2.08. The number of ether oxygens (including phenoxy) is 1. The minimum absolute atomic E-state index is 0.0920. The third-order valence-corrected chi connectivity index (χ3v) is 3.79. The number of hydrogen-bond donors (Lipinski definition) is 0. The van der Waals surface area contributed by atoms with Crippen LogP contribution in [0.15, 0.2) is 61.3 Å². The van der Waals surface area contributed by atoms with Gasteiger partial charge in [-0.2, -0.15) is 4.39 Å². The van der Waals surface area contributed by atoms with Gasteiger partial charge in [-0.15, -0.1) is 0 Å². The summed E-state index contributed by atoms with van der Waals surface area (Å²) in [7, 11) is 0. The summed E-state index contributed by atoms with van der Waals surface area (Å²) >= 11 is 0. The maximum Gasteiger partial charge on any atom is 0.213 e. The highest BCUT2D eigenvalue weighted by Gasteiger charge is 2.16. The molecule has 0 N–H and O–H groups in total. The highest BCUT2D eigenvalue weighted by Crippen LogP contribution is 2.25. The van der Waals surface area contributed by atoms with E-state index in [0.29, 0.717) is 17.1 Å². The van der Waals surface area contributed by atoms with E-state index in [0.717, 1.165) is 6.20 Å². The predicted molar refractivity (Wildman–Crippen MR) is 91.7 cm³/mol.